The third-order valence-corrected chi connectivity index (χ3v) is 5.55. The highest BCUT2D eigenvalue weighted by Crippen LogP contribution is 2.62. The summed E-state index contributed by atoms with van der Waals surface area (Å²) in [5.74, 6) is 0.561. The van der Waals surface area contributed by atoms with Crippen LogP contribution in [0.2, 0.25) is 0 Å². The second-order valence-electron chi connectivity index (χ2n) is 6.82. The van der Waals surface area contributed by atoms with Crippen LogP contribution in [-0.2, 0) is 14.3 Å². The minimum Gasteiger partial charge on any atom is -0.460 e. The molecule has 0 aromatic heterocycles. The van der Waals surface area contributed by atoms with Gasteiger partial charge in [0.15, 0.2) is 0 Å². The molecule has 2 bridgehead atoms. The average Bonchev–Trinajstić information content (AvgIpc) is 3.07. The number of carbonyl (C=O) groups excluding carboxylic acids is 1. The summed E-state index contributed by atoms with van der Waals surface area (Å²) in [6.45, 7) is 5.68. The maximum Gasteiger partial charge on any atom is 0.333 e. The Morgan fingerprint density at radius 2 is 2.14 bits per heavy atom. The normalized spacial score (nSPS) is 43.9. The van der Waals surface area contributed by atoms with E-state index in [1.807, 2.05) is 0 Å². The van der Waals surface area contributed by atoms with Gasteiger partial charge in [0, 0.05) is 11.5 Å². The number of fused-ring (bicyclic) bond motifs is 5. The first-order valence-electron chi connectivity index (χ1n) is 7.77. The Labute approximate surface area is 124 Å². The Bertz CT molecular complexity index is 448. The standard InChI is InChI=1S/C16H24O5/c1-9(2)15(19)20-5-6-21-16-4-3-10(8-16)11-7-12(17)14(18)13(11)16/h10-14,17-18H,1,3-8H2,2H3. The van der Waals surface area contributed by atoms with Crippen LogP contribution in [0.15, 0.2) is 12.2 Å². The molecule has 0 heterocycles. The van der Waals surface area contributed by atoms with Crippen LogP contribution in [0, 0.1) is 17.8 Å². The first kappa shape index (κ1) is 15.0. The molecule has 2 N–H and O–H groups in total. The summed E-state index contributed by atoms with van der Waals surface area (Å²) in [4.78, 5) is 11.3. The molecule has 0 radical (unpaired) electrons. The Morgan fingerprint density at radius 3 is 2.86 bits per heavy atom. The van der Waals surface area contributed by atoms with E-state index in [4.69, 9.17) is 9.47 Å². The predicted molar refractivity (Wildman–Crippen MR) is 75.4 cm³/mol. The highest BCUT2D eigenvalue weighted by Gasteiger charge is 2.64. The Balaban J connectivity index is 1.57. The van der Waals surface area contributed by atoms with Gasteiger partial charge in [-0.1, -0.05) is 6.58 Å². The SMILES string of the molecule is C=C(C)C(=O)OCCOC12CCC(C1)C1CC(O)C(O)C12. The summed E-state index contributed by atoms with van der Waals surface area (Å²) < 4.78 is 11.1. The molecule has 0 spiro atoms. The van der Waals surface area contributed by atoms with Crippen molar-refractivity contribution in [1.29, 1.82) is 0 Å². The van der Waals surface area contributed by atoms with Gasteiger partial charge in [0.2, 0.25) is 0 Å². The number of rotatable bonds is 5. The molecule has 3 aliphatic carbocycles. The summed E-state index contributed by atoms with van der Waals surface area (Å²) in [5, 5.41) is 20.1. The maximum absolute atomic E-state index is 11.3. The van der Waals surface area contributed by atoms with E-state index in [1.165, 1.54) is 0 Å². The van der Waals surface area contributed by atoms with Crippen molar-refractivity contribution in [1.82, 2.24) is 0 Å². The van der Waals surface area contributed by atoms with E-state index in [2.05, 4.69) is 6.58 Å². The van der Waals surface area contributed by atoms with Crippen LogP contribution in [0.25, 0.3) is 0 Å². The van der Waals surface area contributed by atoms with Gasteiger partial charge in [0.25, 0.3) is 0 Å². The molecular formula is C16H24O5. The van der Waals surface area contributed by atoms with Crippen molar-refractivity contribution < 1.29 is 24.5 Å². The van der Waals surface area contributed by atoms with Crippen LogP contribution >= 0.6 is 0 Å². The monoisotopic (exact) mass is 296 g/mol. The smallest absolute Gasteiger partial charge is 0.333 e. The molecule has 118 valence electrons. The lowest BCUT2D eigenvalue weighted by Gasteiger charge is -2.37. The number of ether oxygens (including phenoxy) is 2. The summed E-state index contributed by atoms with van der Waals surface area (Å²) in [6, 6.07) is 0. The second kappa shape index (κ2) is 5.38. The van der Waals surface area contributed by atoms with Gasteiger partial charge < -0.3 is 19.7 Å². The zero-order chi connectivity index (χ0) is 15.2. The number of hydrogen-bond acceptors (Lipinski definition) is 5. The predicted octanol–water partition coefficient (Wildman–Crippen LogP) is 1.03. The first-order chi connectivity index (χ1) is 9.94. The molecule has 3 rings (SSSR count). The molecule has 3 aliphatic rings. The Morgan fingerprint density at radius 1 is 1.38 bits per heavy atom. The van der Waals surface area contributed by atoms with Crippen LogP contribution in [0.5, 0.6) is 0 Å². The number of hydrogen-bond donors (Lipinski definition) is 2. The van der Waals surface area contributed by atoms with Crippen molar-refractivity contribution in [2.75, 3.05) is 13.2 Å². The van der Waals surface area contributed by atoms with Gasteiger partial charge in [-0.2, -0.15) is 0 Å². The summed E-state index contributed by atoms with van der Waals surface area (Å²) in [6.07, 6.45) is 2.37. The number of carbonyl (C=O) groups is 1. The summed E-state index contributed by atoms with van der Waals surface area (Å²) in [7, 11) is 0. The summed E-state index contributed by atoms with van der Waals surface area (Å²) in [5.41, 5.74) is 0.0476. The van der Waals surface area contributed by atoms with Crippen molar-refractivity contribution in [2.45, 2.75) is 50.4 Å². The van der Waals surface area contributed by atoms with E-state index >= 15 is 0 Å². The Hall–Kier alpha value is -0.910. The van der Waals surface area contributed by atoms with Crippen LogP contribution in [0.3, 0.4) is 0 Å². The molecule has 0 aliphatic heterocycles. The molecule has 5 heteroatoms. The van der Waals surface area contributed by atoms with E-state index in [0.29, 0.717) is 30.4 Å². The number of aliphatic hydroxyl groups is 2. The second-order valence-corrected chi connectivity index (χ2v) is 6.82. The fraction of sp³-hybridized carbons (Fsp3) is 0.812. The van der Waals surface area contributed by atoms with Crippen molar-refractivity contribution in [3.05, 3.63) is 12.2 Å². The molecule has 3 saturated carbocycles. The molecular weight excluding hydrogens is 272 g/mol. The van der Waals surface area contributed by atoms with E-state index in [9.17, 15) is 15.0 Å². The first-order valence-corrected chi connectivity index (χ1v) is 7.77. The van der Waals surface area contributed by atoms with Gasteiger partial charge in [-0.15, -0.1) is 0 Å². The third-order valence-electron chi connectivity index (χ3n) is 5.55. The average molecular weight is 296 g/mol. The van der Waals surface area contributed by atoms with Crippen LogP contribution in [-0.4, -0.2) is 47.2 Å². The molecule has 5 nitrogen and oxygen atoms in total. The molecule has 0 aromatic carbocycles. The van der Waals surface area contributed by atoms with Crippen LogP contribution in [0.4, 0.5) is 0 Å². The minimum absolute atomic E-state index is 0.0306. The fourth-order valence-electron chi connectivity index (χ4n) is 4.72. The molecule has 0 aromatic rings. The van der Waals surface area contributed by atoms with Gasteiger partial charge >= 0.3 is 5.97 Å². The van der Waals surface area contributed by atoms with Crippen LogP contribution < -0.4 is 0 Å². The third kappa shape index (κ3) is 2.41. The minimum atomic E-state index is -0.682. The molecule has 21 heavy (non-hydrogen) atoms. The van der Waals surface area contributed by atoms with Gasteiger partial charge in [0.1, 0.15) is 6.61 Å². The van der Waals surface area contributed by atoms with Crippen LogP contribution in [0.1, 0.15) is 32.6 Å². The lowest BCUT2D eigenvalue weighted by atomic mass is 9.78. The fourth-order valence-corrected chi connectivity index (χ4v) is 4.72. The zero-order valence-electron chi connectivity index (χ0n) is 12.5. The van der Waals surface area contributed by atoms with Gasteiger partial charge in [-0.05, 0) is 44.4 Å². The van der Waals surface area contributed by atoms with E-state index in [1.54, 1.807) is 6.92 Å². The maximum atomic E-state index is 11.3. The van der Waals surface area contributed by atoms with Gasteiger partial charge in [-0.3, -0.25) is 0 Å². The van der Waals surface area contributed by atoms with E-state index in [-0.39, 0.29) is 18.1 Å². The van der Waals surface area contributed by atoms with E-state index < -0.39 is 18.2 Å². The quantitative estimate of drug-likeness (QED) is 0.450. The topological polar surface area (TPSA) is 76.0 Å². The summed E-state index contributed by atoms with van der Waals surface area (Å²) >= 11 is 0. The molecule has 3 fully saturated rings. The number of aliphatic hydroxyl groups excluding tert-OH is 2. The lowest BCUT2D eigenvalue weighted by Crippen LogP contribution is -2.45. The number of esters is 1. The van der Waals surface area contributed by atoms with Crippen molar-refractivity contribution in [3.8, 4) is 0 Å². The molecule has 0 saturated heterocycles. The molecule has 0 amide bonds. The highest BCUT2D eigenvalue weighted by molar-refractivity contribution is 5.86. The molecule has 6 unspecified atom stereocenters. The largest absolute Gasteiger partial charge is 0.460 e. The van der Waals surface area contributed by atoms with Gasteiger partial charge in [0.05, 0.1) is 24.4 Å². The van der Waals surface area contributed by atoms with Crippen molar-refractivity contribution >= 4 is 5.97 Å². The Kier molecular flexibility index (Phi) is 3.84. The highest BCUT2D eigenvalue weighted by atomic mass is 16.6. The lowest BCUT2D eigenvalue weighted by molar-refractivity contribution is -0.149. The van der Waals surface area contributed by atoms with Crippen molar-refractivity contribution in [3.63, 3.8) is 0 Å². The van der Waals surface area contributed by atoms with Gasteiger partial charge in [-0.25, -0.2) is 4.79 Å². The van der Waals surface area contributed by atoms with Crippen molar-refractivity contribution in [2.24, 2.45) is 17.8 Å². The van der Waals surface area contributed by atoms with E-state index in [0.717, 1.165) is 19.3 Å². The molecule has 6 atom stereocenters. The zero-order valence-corrected chi connectivity index (χ0v) is 12.5.